The Bertz CT molecular complexity index is 631. The summed E-state index contributed by atoms with van der Waals surface area (Å²) in [7, 11) is 0. The zero-order valence-corrected chi connectivity index (χ0v) is 13.1. The second kappa shape index (κ2) is 6.95. The molecule has 1 aromatic heterocycles. The van der Waals surface area contributed by atoms with E-state index in [1.54, 1.807) is 6.92 Å². The predicted octanol–water partition coefficient (Wildman–Crippen LogP) is 3.99. The van der Waals surface area contributed by atoms with Gasteiger partial charge in [0, 0.05) is 11.1 Å². The number of benzene rings is 1. The van der Waals surface area contributed by atoms with E-state index in [0.717, 1.165) is 22.2 Å². The molecule has 0 atom stereocenters. The molecule has 3 nitrogen and oxygen atoms in total. The van der Waals surface area contributed by atoms with Crippen LogP contribution in [-0.2, 0) is 15.3 Å². The average molecular weight is 310 g/mol. The first-order valence-corrected chi connectivity index (χ1v) is 7.93. The number of nitrogens with zero attached hydrogens (tertiary/aromatic N) is 1. The molecule has 2 aromatic rings. The molecule has 0 N–H and O–H groups in total. The molecule has 1 heterocycles. The van der Waals surface area contributed by atoms with E-state index >= 15 is 0 Å². The van der Waals surface area contributed by atoms with Crippen molar-refractivity contribution in [1.82, 2.24) is 4.98 Å². The lowest BCUT2D eigenvalue weighted by molar-refractivity contribution is -0.139. The van der Waals surface area contributed by atoms with Crippen LogP contribution in [-0.4, -0.2) is 23.3 Å². The third-order valence-corrected chi connectivity index (χ3v) is 4.33. The van der Waals surface area contributed by atoms with E-state index in [1.807, 2.05) is 31.2 Å². The fraction of sp³-hybridized carbons (Fsp3) is 0.333. The van der Waals surface area contributed by atoms with E-state index in [9.17, 15) is 4.79 Å². The molecule has 0 aliphatic carbocycles. The van der Waals surface area contributed by atoms with Crippen molar-refractivity contribution in [2.75, 3.05) is 12.4 Å². The lowest BCUT2D eigenvalue weighted by atomic mass is 10.1. The van der Waals surface area contributed by atoms with Crippen LogP contribution < -0.4 is 0 Å². The quantitative estimate of drug-likeness (QED) is 0.783. The summed E-state index contributed by atoms with van der Waals surface area (Å²) in [5, 5.41) is 1.75. The topological polar surface area (TPSA) is 39.2 Å². The number of pyridine rings is 1. The van der Waals surface area contributed by atoms with Crippen molar-refractivity contribution in [1.29, 1.82) is 0 Å². The molecule has 0 radical (unpaired) electrons. The molecular formula is C15H16ClNO2S. The van der Waals surface area contributed by atoms with Gasteiger partial charge in [0.1, 0.15) is 0 Å². The Balaban J connectivity index is 2.14. The van der Waals surface area contributed by atoms with E-state index in [4.69, 9.17) is 16.3 Å². The molecule has 0 saturated carbocycles. The number of carbonyl (C=O) groups is 1. The van der Waals surface area contributed by atoms with E-state index < -0.39 is 0 Å². The number of hydrogen-bond donors (Lipinski definition) is 0. The van der Waals surface area contributed by atoms with Crippen LogP contribution in [0.4, 0.5) is 0 Å². The fourth-order valence-corrected chi connectivity index (χ4v) is 2.99. The standard InChI is InChI=1S/C15H16ClNO2S/c1-3-19-14(18)9-20-8-13-15(16)10(2)11-6-4-5-7-12(11)17-13/h4-7H,3,8-9H2,1-2H3. The number of fused-ring (bicyclic) bond motifs is 1. The molecule has 0 unspecified atom stereocenters. The van der Waals surface area contributed by atoms with E-state index in [-0.39, 0.29) is 5.97 Å². The number of esters is 1. The van der Waals surface area contributed by atoms with Crippen molar-refractivity contribution < 1.29 is 9.53 Å². The molecule has 0 saturated heterocycles. The molecule has 106 valence electrons. The van der Waals surface area contributed by atoms with Gasteiger partial charge in [0.15, 0.2) is 0 Å². The highest BCUT2D eigenvalue weighted by Gasteiger charge is 2.11. The summed E-state index contributed by atoms with van der Waals surface area (Å²) in [4.78, 5) is 15.9. The van der Waals surface area contributed by atoms with Gasteiger partial charge in [0.25, 0.3) is 0 Å². The number of thioether (sulfide) groups is 1. The zero-order chi connectivity index (χ0) is 14.5. The maximum absolute atomic E-state index is 11.3. The Morgan fingerprint density at radius 1 is 1.40 bits per heavy atom. The van der Waals surface area contributed by atoms with Gasteiger partial charge >= 0.3 is 5.97 Å². The minimum absolute atomic E-state index is 0.203. The van der Waals surface area contributed by atoms with Crippen molar-refractivity contribution in [3.05, 3.63) is 40.5 Å². The molecule has 0 amide bonds. The van der Waals surface area contributed by atoms with Crippen LogP contribution in [0.25, 0.3) is 10.9 Å². The summed E-state index contributed by atoms with van der Waals surface area (Å²) in [5.74, 6) is 0.715. The largest absolute Gasteiger partial charge is 0.465 e. The molecule has 5 heteroatoms. The SMILES string of the molecule is CCOC(=O)CSCc1nc2ccccc2c(C)c1Cl. The molecule has 1 aromatic carbocycles. The molecule has 2 rings (SSSR count). The van der Waals surface area contributed by atoms with Gasteiger partial charge in [-0.25, -0.2) is 0 Å². The molecular weight excluding hydrogens is 294 g/mol. The van der Waals surface area contributed by atoms with Gasteiger partial charge < -0.3 is 4.74 Å². The van der Waals surface area contributed by atoms with Gasteiger partial charge in [-0.1, -0.05) is 29.8 Å². The first-order chi connectivity index (χ1) is 9.63. The second-order valence-corrected chi connectivity index (χ2v) is 5.68. The lowest BCUT2D eigenvalue weighted by Crippen LogP contribution is -2.07. The van der Waals surface area contributed by atoms with Crippen LogP contribution in [0.1, 0.15) is 18.2 Å². The minimum Gasteiger partial charge on any atom is -0.465 e. The predicted molar refractivity (Wildman–Crippen MR) is 84.3 cm³/mol. The Morgan fingerprint density at radius 3 is 2.90 bits per heavy atom. The summed E-state index contributed by atoms with van der Waals surface area (Å²) in [5.41, 5.74) is 2.78. The van der Waals surface area contributed by atoms with E-state index in [1.165, 1.54) is 11.8 Å². The smallest absolute Gasteiger partial charge is 0.315 e. The average Bonchev–Trinajstić information content (AvgIpc) is 2.44. The summed E-state index contributed by atoms with van der Waals surface area (Å²) >= 11 is 7.82. The monoisotopic (exact) mass is 309 g/mol. The highest BCUT2D eigenvalue weighted by Crippen LogP contribution is 2.29. The highest BCUT2D eigenvalue weighted by atomic mass is 35.5. The number of aromatic nitrogens is 1. The highest BCUT2D eigenvalue weighted by molar-refractivity contribution is 7.99. The van der Waals surface area contributed by atoms with Crippen LogP contribution in [0.5, 0.6) is 0 Å². The number of ether oxygens (including phenoxy) is 1. The lowest BCUT2D eigenvalue weighted by Gasteiger charge is -2.09. The molecule has 0 fully saturated rings. The maximum atomic E-state index is 11.3. The first-order valence-electron chi connectivity index (χ1n) is 6.40. The normalized spacial score (nSPS) is 10.8. The van der Waals surface area contributed by atoms with Crippen LogP contribution in [0.15, 0.2) is 24.3 Å². The maximum Gasteiger partial charge on any atom is 0.315 e. The first kappa shape index (κ1) is 15.1. The van der Waals surface area contributed by atoms with Gasteiger partial charge in [0.2, 0.25) is 0 Å². The number of rotatable bonds is 5. The number of aryl methyl sites for hydroxylation is 1. The van der Waals surface area contributed by atoms with E-state index in [0.29, 0.717) is 23.1 Å². The Kier molecular flexibility index (Phi) is 5.26. The fourth-order valence-electron chi connectivity index (χ4n) is 1.95. The Morgan fingerprint density at radius 2 is 2.15 bits per heavy atom. The number of para-hydroxylation sites is 1. The van der Waals surface area contributed by atoms with E-state index in [2.05, 4.69) is 4.98 Å². The summed E-state index contributed by atoms with van der Waals surface area (Å²) in [6, 6.07) is 7.91. The second-order valence-electron chi connectivity index (χ2n) is 4.31. The van der Waals surface area contributed by atoms with Crippen molar-refractivity contribution in [2.24, 2.45) is 0 Å². The van der Waals surface area contributed by atoms with Crippen LogP contribution in [0.2, 0.25) is 5.02 Å². The summed E-state index contributed by atoms with van der Waals surface area (Å²) in [6.45, 7) is 4.20. The summed E-state index contributed by atoms with van der Waals surface area (Å²) in [6.07, 6.45) is 0. The van der Waals surface area contributed by atoms with Gasteiger partial charge in [0.05, 0.1) is 28.6 Å². The van der Waals surface area contributed by atoms with Gasteiger partial charge in [-0.15, -0.1) is 11.8 Å². The zero-order valence-electron chi connectivity index (χ0n) is 11.5. The van der Waals surface area contributed by atoms with Crippen LogP contribution >= 0.6 is 23.4 Å². The number of hydrogen-bond acceptors (Lipinski definition) is 4. The van der Waals surface area contributed by atoms with Crippen molar-refractivity contribution >= 4 is 40.2 Å². The molecule has 20 heavy (non-hydrogen) atoms. The van der Waals surface area contributed by atoms with Crippen LogP contribution in [0.3, 0.4) is 0 Å². The molecule has 0 bridgehead atoms. The molecule has 0 spiro atoms. The van der Waals surface area contributed by atoms with Gasteiger partial charge in [-0.3, -0.25) is 9.78 Å². The minimum atomic E-state index is -0.203. The number of halogens is 1. The Labute approximate surface area is 127 Å². The van der Waals surface area contributed by atoms with Gasteiger partial charge in [-0.05, 0) is 25.5 Å². The molecule has 0 aliphatic heterocycles. The third kappa shape index (κ3) is 3.44. The van der Waals surface area contributed by atoms with Crippen molar-refractivity contribution in [3.63, 3.8) is 0 Å². The Hall–Kier alpha value is -1.26. The number of carbonyl (C=O) groups excluding carboxylic acids is 1. The van der Waals surface area contributed by atoms with Crippen molar-refractivity contribution in [2.45, 2.75) is 19.6 Å². The van der Waals surface area contributed by atoms with Crippen molar-refractivity contribution in [3.8, 4) is 0 Å². The van der Waals surface area contributed by atoms with Crippen LogP contribution in [0, 0.1) is 6.92 Å². The molecule has 0 aliphatic rings. The third-order valence-electron chi connectivity index (χ3n) is 2.91. The van der Waals surface area contributed by atoms with Gasteiger partial charge in [-0.2, -0.15) is 0 Å². The summed E-state index contributed by atoms with van der Waals surface area (Å²) < 4.78 is 4.89.